The van der Waals surface area contributed by atoms with Gasteiger partial charge in [-0.3, -0.25) is 14.8 Å². The molecule has 0 bridgehead atoms. The first-order valence-electron chi connectivity index (χ1n) is 16.4. The molecule has 0 heterocycles. The Morgan fingerprint density at radius 2 is 1.08 bits per heavy atom. The molecule has 0 spiro atoms. The molecule has 262 valence electrons. The number of ether oxygens (including phenoxy) is 3. The fourth-order valence-electron chi connectivity index (χ4n) is 4.41. The van der Waals surface area contributed by atoms with Crippen LogP contribution < -0.4 is 0 Å². The third-order valence-electron chi connectivity index (χ3n) is 6.69. The molecule has 50 heavy (non-hydrogen) atoms. The number of methoxy groups -OCH3 is 2. The predicted octanol–water partition coefficient (Wildman–Crippen LogP) is 8.08. The maximum atomic E-state index is 12.8. The maximum absolute atomic E-state index is 12.8. The summed E-state index contributed by atoms with van der Waals surface area (Å²) in [6.45, 7) is 11.4. The third kappa shape index (κ3) is 15.1. The summed E-state index contributed by atoms with van der Waals surface area (Å²) in [5.74, 6) is -1.24. The number of benzene rings is 4. The van der Waals surface area contributed by atoms with Gasteiger partial charge < -0.3 is 14.2 Å². The molecule has 0 radical (unpaired) electrons. The first-order chi connectivity index (χ1) is 24.0. The van der Waals surface area contributed by atoms with Gasteiger partial charge in [-0.15, -0.1) is 0 Å². The second kappa shape index (κ2) is 22.1. The largest absolute Gasteiger partial charge is 0.469 e. The second-order valence-electron chi connectivity index (χ2n) is 11.7. The Morgan fingerprint density at radius 1 is 0.680 bits per heavy atom. The van der Waals surface area contributed by atoms with E-state index >= 15 is 0 Å². The van der Waals surface area contributed by atoms with Crippen molar-refractivity contribution in [1.29, 1.82) is 0 Å². The van der Waals surface area contributed by atoms with Crippen LogP contribution >= 0.6 is 0 Å². The van der Waals surface area contributed by atoms with Gasteiger partial charge in [0.05, 0.1) is 25.6 Å². The molecule has 1 atom stereocenters. The molecular weight excluding hydrogens is 628 g/mol. The molecule has 0 aliphatic carbocycles. The van der Waals surface area contributed by atoms with Crippen LogP contribution in [0.1, 0.15) is 62.8 Å². The van der Waals surface area contributed by atoms with Gasteiger partial charge >= 0.3 is 17.9 Å². The van der Waals surface area contributed by atoms with E-state index in [2.05, 4.69) is 47.5 Å². The van der Waals surface area contributed by atoms with Crippen LogP contribution in [0.2, 0.25) is 0 Å². The van der Waals surface area contributed by atoms with Crippen LogP contribution in [-0.2, 0) is 28.6 Å². The first-order valence-corrected chi connectivity index (χ1v) is 16.4. The predicted molar refractivity (Wildman–Crippen MR) is 201 cm³/mol. The van der Waals surface area contributed by atoms with Gasteiger partial charge in [-0.2, -0.15) is 0 Å². The lowest BCUT2D eigenvalue weighted by molar-refractivity contribution is -0.156. The Hall–Kier alpha value is -5.63. The number of nitrogens with zero attached hydrogens (tertiary/aromatic N) is 2. The highest BCUT2D eigenvalue weighted by atomic mass is 16.6. The van der Waals surface area contributed by atoms with E-state index in [0.29, 0.717) is 5.71 Å². The number of hydrogen-bond acceptors (Lipinski definition) is 8. The van der Waals surface area contributed by atoms with Crippen molar-refractivity contribution in [3.63, 3.8) is 0 Å². The van der Waals surface area contributed by atoms with E-state index in [4.69, 9.17) is 14.5 Å². The topological polar surface area (TPSA) is 104 Å². The van der Waals surface area contributed by atoms with Crippen LogP contribution in [0, 0.1) is 0 Å². The summed E-state index contributed by atoms with van der Waals surface area (Å²) in [6, 6.07) is 39.1. The Bertz CT molecular complexity index is 1580. The number of hydrogen-bond donors (Lipinski definition) is 0. The number of carbonyl (C=O) groups excluding carboxylic acids is 3. The van der Waals surface area contributed by atoms with E-state index in [0.717, 1.165) is 29.5 Å². The summed E-state index contributed by atoms with van der Waals surface area (Å²) in [7, 11) is 2.64. The quantitative estimate of drug-likeness (QED) is 0.0689. The molecule has 0 saturated carbocycles. The average molecular weight is 677 g/mol. The zero-order valence-electron chi connectivity index (χ0n) is 29.9. The van der Waals surface area contributed by atoms with Gasteiger partial charge in [0, 0.05) is 41.3 Å². The maximum Gasteiger partial charge on any atom is 0.331 e. The molecular formula is C42H48N2O6. The summed E-state index contributed by atoms with van der Waals surface area (Å²) in [5.41, 5.74) is 5.24. The molecule has 4 aromatic rings. The highest BCUT2D eigenvalue weighted by Gasteiger charge is 2.26. The van der Waals surface area contributed by atoms with Crippen molar-refractivity contribution < 1.29 is 28.6 Å². The second-order valence-corrected chi connectivity index (χ2v) is 11.7. The van der Waals surface area contributed by atoms with Gasteiger partial charge in [0.1, 0.15) is 11.6 Å². The molecule has 0 amide bonds. The lowest BCUT2D eigenvalue weighted by Crippen LogP contribution is -2.32. The number of esters is 3. The van der Waals surface area contributed by atoms with E-state index in [1.165, 1.54) is 25.3 Å². The van der Waals surface area contributed by atoms with Crippen LogP contribution in [-0.4, -0.2) is 61.7 Å². The van der Waals surface area contributed by atoms with Crippen LogP contribution in [0.15, 0.2) is 144 Å². The number of aliphatic imine (C=N–C) groups is 2. The Labute approximate surface area is 296 Å². The van der Waals surface area contributed by atoms with E-state index in [1.54, 1.807) is 20.8 Å². The minimum absolute atomic E-state index is 0.0841. The summed E-state index contributed by atoms with van der Waals surface area (Å²) in [5, 5.41) is 0. The average Bonchev–Trinajstić information content (AvgIpc) is 3.14. The fourth-order valence-corrected chi connectivity index (χ4v) is 4.41. The fraction of sp³-hybridized carbons (Fsp3) is 0.262. The lowest BCUT2D eigenvalue weighted by Gasteiger charge is -2.23. The highest BCUT2D eigenvalue weighted by molar-refractivity contribution is 6.14. The van der Waals surface area contributed by atoms with Crippen LogP contribution in [0.25, 0.3) is 0 Å². The smallest absolute Gasteiger partial charge is 0.331 e. The molecule has 0 saturated heterocycles. The van der Waals surface area contributed by atoms with Gasteiger partial charge in [0.15, 0.2) is 0 Å². The monoisotopic (exact) mass is 676 g/mol. The standard InChI is InChI=1S/C23H27NO4.C15H15N.C4H6O2/c1-23(2,3)28-22(26)19(15-16-20(25)27-4)24-21(17-11-7-5-8-12-17)18-13-9-6-10-14-18;1-2-16-15(13-9-5-3-6-10-13)14-11-7-4-8-12-14;1-3-4(5)6-2/h5-14,19H,15-16H2,1-4H3;3-12H,2H2,1H3;3H,1H2,2H3/t19-;;/m0../s1. The van der Waals surface area contributed by atoms with E-state index in [-0.39, 0.29) is 18.8 Å². The van der Waals surface area contributed by atoms with Gasteiger partial charge in [-0.1, -0.05) is 128 Å². The van der Waals surface area contributed by atoms with Crippen molar-refractivity contribution in [2.75, 3.05) is 20.8 Å². The summed E-state index contributed by atoms with van der Waals surface area (Å²) < 4.78 is 14.4. The van der Waals surface area contributed by atoms with Crippen molar-refractivity contribution in [3.8, 4) is 0 Å². The Morgan fingerprint density at radius 3 is 1.38 bits per heavy atom. The molecule has 4 rings (SSSR count). The summed E-state index contributed by atoms with van der Waals surface area (Å²) >= 11 is 0. The van der Waals surface area contributed by atoms with Crippen molar-refractivity contribution in [2.24, 2.45) is 9.98 Å². The van der Waals surface area contributed by atoms with Gasteiger partial charge in [-0.25, -0.2) is 9.59 Å². The zero-order chi connectivity index (χ0) is 36.8. The van der Waals surface area contributed by atoms with Crippen LogP contribution in [0.5, 0.6) is 0 Å². The summed E-state index contributed by atoms with van der Waals surface area (Å²) in [6.07, 6.45) is 1.41. The highest BCUT2D eigenvalue weighted by Crippen LogP contribution is 2.18. The third-order valence-corrected chi connectivity index (χ3v) is 6.69. The first kappa shape index (κ1) is 40.5. The van der Waals surface area contributed by atoms with Crippen molar-refractivity contribution in [2.45, 2.75) is 52.2 Å². The van der Waals surface area contributed by atoms with Crippen LogP contribution in [0.4, 0.5) is 0 Å². The molecule has 4 aromatic carbocycles. The SMILES string of the molecule is C=CC(=O)OC.CCN=C(c1ccccc1)c1ccccc1.COC(=O)CC[C@H](N=C(c1ccccc1)c1ccccc1)C(=O)OC(C)(C)C. The van der Waals surface area contributed by atoms with E-state index < -0.39 is 23.6 Å². The van der Waals surface area contributed by atoms with Crippen molar-refractivity contribution in [3.05, 3.63) is 156 Å². The molecule has 8 nitrogen and oxygen atoms in total. The van der Waals surface area contributed by atoms with Crippen LogP contribution in [0.3, 0.4) is 0 Å². The molecule has 0 aliphatic rings. The van der Waals surface area contributed by atoms with Gasteiger partial charge in [-0.05, 0) is 34.1 Å². The van der Waals surface area contributed by atoms with Crippen molar-refractivity contribution in [1.82, 2.24) is 0 Å². The molecule has 0 aromatic heterocycles. The minimum Gasteiger partial charge on any atom is -0.469 e. The van der Waals surface area contributed by atoms with Gasteiger partial charge in [0.2, 0.25) is 0 Å². The van der Waals surface area contributed by atoms with E-state index in [9.17, 15) is 14.4 Å². The molecule has 0 N–H and O–H groups in total. The normalized spacial score (nSPS) is 10.7. The minimum atomic E-state index is -0.811. The Kier molecular flexibility index (Phi) is 17.9. The van der Waals surface area contributed by atoms with Crippen molar-refractivity contribution >= 4 is 29.3 Å². The zero-order valence-corrected chi connectivity index (χ0v) is 29.9. The van der Waals surface area contributed by atoms with Gasteiger partial charge in [0.25, 0.3) is 0 Å². The molecule has 0 aliphatic heterocycles. The molecule has 0 unspecified atom stereocenters. The summed E-state index contributed by atoms with van der Waals surface area (Å²) in [4.78, 5) is 43.6. The Balaban J connectivity index is 0.000000328. The van der Waals surface area contributed by atoms with E-state index in [1.807, 2.05) is 97.1 Å². The number of rotatable bonds is 11. The molecule has 8 heteroatoms. The number of carbonyl (C=O) groups is 3. The lowest BCUT2D eigenvalue weighted by atomic mass is 10.0. The molecule has 0 fully saturated rings.